The van der Waals surface area contributed by atoms with Crippen molar-refractivity contribution in [1.82, 2.24) is 0 Å². The number of carbonyl (C=O) groups is 2. The normalized spacial score (nSPS) is 14.8. The molecule has 0 radical (unpaired) electrons. The Balaban J connectivity index is 2.03. The summed E-state index contributed by atoms with van der Waals surface area (Å²) in [6.07, 6.45) is 1.27. The molecule has 31 heavy (non-hydrogen) atoms. The highest BCUT2D eigenvalue weighted by Gasteiger charge is 2.37. The number of hydrogen-bond donors (Lipinski definition) is 0. The molecule has 0 N–H and O–H groups in total. The zero-order valence-electron chi connectivity index (χ0n) is 16.2. The lowest BCUT2D eigenvalue weighted by molar-refractivity contribution is -0.132. The number of amides is 1. The molecule has 2 aromatic carbocycles. The predicted molar refractivity (Wildman–Crippen MR) is 99.1 cm³/mol. The van der Waals surface area contributed by atoms with Crippen LogP contribution in [0.25, 0.3) is 6.08 Å². The van der Waals surface area contributed by atoms with Crippen molar-refractivity contribution in [3.05, 3.63) is 58.4 Å². The van der Waals surface area contributed by atoms with E-state index in [0.29, 0.717) is 5.56 Å². The van der Waals surface area contributed by atoms with Crippen LogP contribution in [0, 0.1) is 29.1 Å². The summed E-state index contributed by atoms with van der Waals surface area (Å²) in [7, 11) is 1.32. The molecule has 1 aliphatic rings. The molecule has 3 rings (SSSR count). The van der Waals surface area contributed by atoms with Crippen LogP contribution in [0.4, 0.5) is 27.6 Å². The predicted octanol–water partition coefficient (Wildman–Crippen LogP) is 4.12. The average Bonchev–Trinajstić information content (AvgIpc) is 2.99. The molecule has 2 aromatic rings. The highest BCUT2D eigenvalue weighted by molar-refractivity contribution is 6.32. The minimum atomic E-state index is -2.35. The van der Waals surface area contributed by atoms with Crippen molar-refractivity contribution in [2.75, 3.05) is 12.1 Å². The van der Waals surface area contributed by atoms with E-state index in [9.17, 15) is 31.5 Å². The van der Waals surface area contributed by atoms with Gasteiger partial charge in [-0.05, 0) is 30.7 Å². The number of hydrogen-bond acceptors (Lipinski definition) is 5. The second-order valence-electron chi connectivity index (χ2n) is 6.28. The lowest BCUT2D eigenvalue weighted by Gasteiger charge is -2.15. The van der Waals surface area contributed by atoms with Gasteiger partial charge in [-0.15, -0.1) is 0 Å². The van der Waals surface area contributed by atoms with Crippen LogP contribution in [-0.2, 0) is 9.59 Å². The Morgan fingerprint density at radius 3 is 2.13 bits per heavy atom. The maximum absolute atomic E-state index is 14.1. The summed E-state index contributed by atoms with van der Waals surface area (Å²) in [5.74, 6) is -12.5. The van der Waals surface area contributed by atoms with E-state index in [2.05, 4.69) is 5.10 Å². The highest BCUT2D eigenvalue weighted by atomic mass is 19.2. The average molecular weight is 440 g/mol. The van der Waals surface area contributed by atoms with Gasteiger partial charge < -0.3 is 9.47 Å². The molecule has 162 valence electrons. The Labute approximate surface area is 172 Å². The number of carbonyl (C=O) groups excluding carboxylic acids is 2. The topological polar surface area (TPSA) is 68.2 Å². The summed E-state index contributed by atoms with van der Waals surface area (Å²) in [4.78, 5) is 23.8. The summed E-state index contributed by atoms with van der Waals surface area (Å²) in [5, 5.41) is 3.76. The summed E-state index contributed by atoms with van der Waals surface area (Å²) < 4.78 is 78.6. The number of ether oxygens (including phenoxy) is 2. The minimum absolute atomic E-state index is 0.0306. The van der Waals surface area contributed by atoms with E-state index in [0.717, 1.165) is 0 Å². The fourth-order valence-corrected chi connectivity index (χ4v) is 2.79. The van der Waals surface area contributed by atoms with Crippen LogP contribution < -0.4 is 14.5 Å². The van der Waals surface area contributed by atoms with Crippen molar-refractivity contribution in [3.8, 4) is 11.5 Å². The van der Waals surface area contributed by atoms with E-state index in [1.807, 2.05) is 0 Å². The second-order valence-corrected chi connectivity index (χ2v) is 6.28. The van der Waals surface area contributed by atoms with Crippen LogP contribution in [0.15, 0.2) is 28.9 Å². The third-order valence-electron chi connectivity index (χ3n) is 4.21. The fraction of sp³-hybridized carbons (Fsp3) is 0.150. The Morgan fingerprint density at radius 1 is 1.00 bits per heavy atom. The maximum Gasteiger partial charge on any atom is 0.308 e. The second kappa shape index (κ2) is 8.17. The van der Waals surface area contributed by atoms with Crippen molar-refractivity contribution in [1.29, 1.82) is 0 Å². The van der Waals surface area contributed by atoms with Crippen molar-refractivity contribution >= 4 is 29.4 Å². The zero-order chi connectivity index (χ0) is 23.0. The molecule has 0 aliphatic carbocycles. The molecule has 0 aromatic heterocycles. The van der Waals surface area contributed by atoms with Gasteiger partial charge in [0.2, 0.25) is 5.82 Å². The van der Waals surface area contributed by atoms with Gasteiger partial charge in [0, 0.05) is 6.92 Å². The summed E-state index contributed by atoms with van der Waals surface area (Å²) in [6.45, 7) is 2.51. The number of methoxy groups -OCH3 is 1. The lowest BCUT2D eigenvalue weighted by Crippen LogP contribution is -2.25. The van der Waals surface area contributed by atoms with Crippen LogP contribution in [-0.4, -0.2) is 24.7 Å². The quantitative estimate of drug-likeness (QED) is 0.179. The molecule has 0 spiro atoms. The molecule has 0 unspecified atom stereocenters. The Bertz CT molecular complexity index is 1150. The number of nitrogens with zero attached hydrogens (tertiary/aromatic N) is 2. The van der Waals surface area contributed by atoms with E-state index < -0.39 is 46.6 Å². The van der Waals surface area contributed by atoms with Gasteiger partial charge >= 0.3 is 5.97 Å². The summed E-state index contributed by atoms with van der Waals surface area (Å²) >= 11 is 0. The van der Waals surface area contributed by atoms with Gasteiger partial charge in [0.25, 0.3) is 5.91 Å². The van der Waals surface area contributed by atoms with E-state index in [4.69, 9.17) is 9.47 Å². The van der Waals surface area contributed by atoms with Gasteiger partial charge in [-0.25, -0.2) is 22.0 Å². The third-order valence-corrected chi connectivity index (χ3v) is 4.21. The molecular formula is C20H13F5N2O4. The van der Waals surface area contributed by atoms with Crippen LogP contribution in [0.2, 0.25) is 0 Å². The molecule has 1 amide bonds. The SMILES string of the molecule is COc1cc(/C=C2/C(=O)N(c3c(F)c(F)c(F)c(F)c3F)N=C2C)ccc1OC(C)=O. The molecular weight excluding hydrogens is 427 g/mol. The molecule has 6 nitrogen and oxygen atoms in total. The largest absolute Gasteiger partial charge is 0.493 e. The number of rotatable bonds is 4. The number of halogens is 5. The van der Waals surface area contributed by atoms with Crippen molar-refractivity contribution in [2.24, 2.45) is 5.10 Å². The highest BCUT2D eigenvalue weighted by Crippen LogP contribution is 2.35. The van der Waals surface area contributed by atoms with E-state index in [1.54, 1.807) is 0 Å². The van der Waals surface area contributed by atoms with Gasteiger partial charge in [0.15, 0.2) is 34.8 Å². The lowest BCUT2D eigenvalue weighted by atomic mass is 10.1. The van der Waals surface area contributed by atoms with Gasteiger partial charge in [-0.3, -0.25) is 9.59 Å². The van der Waals surface area contributed by atoms with Gasteiger partial charge in [-0.1, -0.05) is 6.07 Å². The zero-order valence-corrected chi connectivity index (χ0v) is 16.2. The number of anilines is 1. The molecule has 1 heterocycles. The number of esters is 1. The number of benzene rings is 2. The van der Waals surface area contributed by atoms with Crippen LogP contribution in [0.5, 0.6) is 11.5 Å². The van der Waals surface area contributed by atoms with Crippen molar-refractivity contribution < 1.29 is 41.0 Å². The molecule has 0 saturated carbocycles. The first-order valence-electron chi connectivity index (χ1n) is 8.56. The molecule has 0 bridgehead atoms. The molecule has 11 heteroatoms. The Hall–Kier alpha value is -3.76. The van der Waals surface area contributed by atoms with Crippen LogP contribution >= 0.6 is 0 Å². The van der Waals surface area contributed by atoms with Crippen molar-refractivity contribution in [2.45, 2.75) is 13.8 Å². The smallest absolute Gasteiger partial charge is 0.308 e. The van der Waals surface area contributed by atoms with E-state index in [-0.39, 0.29) is 27.8 Å². The van der Waals surface area contributed by atoms with Gasteiger partial charge in [0.05, 0.1) is 18.4 Å². The first kappa shape index (κ1) is 21.9. The van der Waals surface area contributed by atoms with Crippen LogP contribution in [0.1, 0.15) is 19.4 Å². The standard InChI is InChI=1S/C20H13F5N2O4/c1-8-11(6-10-4-5-12(31-9(2)28)13(7-10)30-3)20(29)27(26-8)19-17(24)15(22)14(21)16(23)18(19)25/h4-7H,1-3H3/b11-6+. The minimum Gasteiger partial charge on any atom is -0.493 e. The molecule has 0 saturated heterocycles. The van der Waals surface area contributed by atoms with Crippen molar-refractivity contribution in [3.63, 3.8) is 0 Å². The monoisotopic (exact) mass is 440 g/mol. The first-order valence-corrected chi connectivity index (χ1v) is 8.56. The Kier molecular flexibility index (Phi) is 5.78. The van der Waals surface area contributed by atoms with Gasteiger partial charge in [0.1, 0.15) is 5.69 Å². The third kappa shape index (κ3) is 3.86. The summed E-state index contributed by atoms with van der Waals surface area (Å²) in [5.41, 5.74) is -1.32. The molecule has 0 fully saturated rings. The Morgan fingerprint density at radius 2 is 1.58 bits per heavy atom. The van der Waals surface area contributed by atoms with Crippen LogP contribution in [0.3, 0.4) is 0 Å². The fourth-order valence-electron chi connectivity index (χ4n) is 2.79. The van der Waals surface area contributed by atoms with Gasteiger partial charge in [-0.2, -0.15) is 10.1 Å². The molecule has 0 atom stereocenters. The van der Waals surface area contributed by atoms with E-state index in [1.165, 1.54) is 45.2 Å². The first-order chi connectivity index (χ1) is 14.6. The number of hydrazone groups is 1. The molecule has 1 aliphatic heterocycles. The summed E-state index contributed by atoms with van der Waals surface area (Å²) in [6, 6.07) is 4.25. The van der Waals surface area contributed by atoms with E-state index >= 15 is 0 Å². The maximum atomic E-state index is 14.1.